The zero-order chi connectivity index (χ0) is 16.5. The van der Waals surface area contributed by atoms with Crippen molar-refractivity contribution in [2.45, 2.75) is 18.9 Å². The van der Waals surface area contributed by atoms with E-state index in [2.05, 4.69) is 27.2 Å². The summed E-state index contributed by atoms with van der Waals surface area (Å²) in [6.07, 6.45) is 8.99. The second-order valence-corrected chi connectivity index (χ2v) is 6.35. The van der Waals surface area contributed by atoms with E-state index < -0.39 is 0 Å². The molecule has 0 amide bonds. The van der Waals surface area contributed by atoms with Gasteiger partial charge in [-0.05, 0) is 51.2 Å². The smallest absolute Gasteiger partial charge is 0.226 e. The number of likely N-dealkylation sites (tertiary alicyclic amines) is 1. The van der Waals surface area contributed by atoms with Crippen molar-refractivity contribution < 1.29 is 9.53 Å². The maximum Gasteiger partial charge on any atom is 0.226 e. The van der Waals surface area contributed by atoms with Crippen molar-refractivity contribution in [1.29, 1.82) is 0 Å². The Morgan fingerprint density at radius 1 is 1.42 bits per heavy atom. The van der Waals surface area contributed by atoms with Crippen molar-refractivity contribution >= 4 is 22.9 Å². The van der Waals surface area contributed by atoms with E-state index in [1.165, 1.54) is 6.08 Å². The molecule has 0 aromatic carbocycles. The fourth-order valence-corrected chi connectivity index (χ4v) is 3.15. The van der Waals surface area contributed by atoms with E-state index in [0.29, 0.717) is 17.7 Å². The topological polar surface area (TPSA) is 70.2 Å². The lowest BCUT2D eigenvalue weighted by atomic mass is 10.1. The number of rotatable bonds is 3. The minimum Gasteiger partial charge on any atom is -0.437 e. The summed E-state index contributed by atoms with van der Waals surface area (Å²) in [6, 6.07) is 4.20. The third kappa shape index (κ3) is 2.92. The normalized spacial score (nSPS) is 21.3. The van der Waals surface area contributed by atoms with Gasteiger partial charge in [0.15, 0.2) is 11.6 Å². The Hall–Kier alpha value is -2.60. The van der Waals surface area contributed by atoms with Gasteiger partial charge in [-0.3, -0.25) is 4.79 Å². The highest BCUT2D eigenvalue weighted by Gasteiger charge is 2.24. The number of hydrogen-bond acceptors (Lipinski definition) is 5. The van der Waals surface area contributed by atoms with Crippen LogP contribution < -0.4 is 5.32 Å². The first-order valence-corrected chi connectivity index (χ1v) is 8.22. The second kappa shape index (κ2) is 6.13. The Bertz CT molecular complexity index is 828. The van der Waals surface area contributed by atoms with E-state index in [1.54, 1.807) is 12.3 Å². The van der Waals surface area contributed by atoms with Crippen molar-refractivity contribution in [3.8, 4) is 0 Å². The first-order valence-electron chi connectivity index (χ1n) is 8.22. The molecule has 0 bridgehead atoms. The summed E-state index contributed by atoms with van der Waals surface area (Å²) in [4.78, 5) is 21.9. The number of ketones is 1. The summed E-state index contributed by atoms with van der Waals surface area (Å²) in [7, 11) is 2.13. The van der Waals surface area contributed by atoms with Crippen molar-refractivity contribution in [2.75, 3.05) is 20.1 Å². The molecule has 0 atom stereocenters. The average Bonchev–Trinajstić information content (AvgIpc) is 3.14. The minimum atomic E-state index is -0.108. The molecule has 2 aliphatic heterocycles. The minimum absolute atomic E-state index is 0.108. The van der Waals surface area contributed by atoms with Gasteiger partial charge in [0, 0.05) is 35.5 Å². The van der Waals surface area contributed by atoms with E-state index in [0.717, 1.165) is 42.5 Å². The molecule has 4 heterocycles. The van der Waals surface area contributed by atoms with Crippen molar-refractivity contribution in [1.82, 2.24) is 20.2 Å². The van der Waals surface area contributed by atoms with E-state index in [-0.39, 0.29) is 5.78 Å². The van der Waals surface area contributed by atoms with E-state index in [9.17, 15) is 4.79 Å². The van der Waals surface area contributed by atoms with Gasteiger partial charge in [-0.1, -0.05) is 0 Å². The predicted octanol–water partition coefficient (Wildman–Crippen LogP) is 2.03. The molecule has 0 spiro atoms. The van der Waals surface area contributed by atoms with Gasteiger partial charge in [-0.15, -0.1) is 0 Å². The number of piperidine rings is 1. The number of hydrogen-bond donors (Lipinski definition) is 2. The number of aromatic amines is 1. The number of carbonyl (C=O) groups is 1. The number of nitrogens with one attached hydrogen (secondary N) is 2. The predicted molar refractivity (Wildman–Crippen MR) is 91.9 cm³/mol. The lowest BCUT2D eigenvalue weighted by molar-refractivity contribution is -0.112. The van der Waals surface area contributed by atoms with Crippen LogP contribution in [-0.4, -0.2) is 46.8 Å². The number of fused-ring (bicyclic) bond motifs is 1. The molecule has 1 saturated heterocycles. The van der Waals surface area contributed by atoms with Crippen molar-refractivity contribution in [3.63, 3.8) is 0 Å². The number of pyridine rings is 1. The van der Waals surface area contributed by atoms with Gasteiger partial charge in [0.2, 0.25) is 5.78 Å². The lowest BCUT2D eigenvalue weighted by Crippen LogP contribution is -2.40. The fourth-order valence-electron chi connectivity index (χ4n) is 3.15. The lowest BCUT2D eigenvalue weighted by Gasteiger charge is -2.29. The Kier molecular flexibility index (Phi) is 3.82. The third-order valence-corrected chi connectivity index (χ3v) is 4.56. The molecule has 2 N–H and O–H groups in total. The molecular weight excluding hydrogens is 304 g/mol. The highest BCUT2D eigenvalue weighted by molar-refractivity contribution is 6.08. The molecule has 2 aromatic rings. The molecule has 2 aliphatic rings. The van der Waals surface area contributed by atoms with Gasteiger partial charge in [0.05, 0.1) is 0 Å². The Balaban J connectivity index is 1.47. The summed E-state index contributed by atoms with van der Waals surface area (Å²) in [5.74, 6) is 0.789. The average molecular weight is 324 g/mol. The van der Waals surface area contributed by atoms with Crippen LogP contribution in [0.15, 0.2) is 42.2 Å². The Labute approximate surface area is 140 Å². The second-order valence-electron chi connectivity index (χ2n) is 6.35. The number of allylic oxidation sites excluding steroid dienone is 1. The van der Waals surface area contributed by atoms with Crippen molar-refractivity contribution in [2.24, 2.45) is 0 Å². The highest BCUT2D eigenvalue weighted by Crippen LogP contribution is 2.24. The molecule has 6 nitrogen and oxygen atoms in total. The van der Waals surface area contributed by atoms with Crippen LogP contribution >= 0.6 is 0 Å². The van der Waals surface area contributed by atoms with Crippen LogP contribution in [0, 0.1) is 0 Å². The first-order chi connectivity index (χ1) is 11.7. The van der Waals surface area contributed by atoms with Gasteiger partial charge < -0.3 is 19.9 Å². The molecule has 0 unspecified atom stereocenters. The summed E-state index contributed by atoms with van der Waals surface area (Å²) < 4.78 is 5.74. The summed E-state index contributed by atoms with van der Waals surface area (Å²) in [5, 5.41) is 4.32. The van der Waals surface area contributed by atoms with Crippen LogP contribution in [0.25, 0.3) is 17.1 Å². The number of nitrogens with zero attached hydrogens (tertiary/aromatic N) is 2. The molecule has 0 radical (unpaired) electrons. The third-order valence-electron chi connectivity index (χ3n) is 4.56. The zero-order valence-electron chi connectivity index (χ0n) is 13.6. The van der Waals surface area contributed by atoms with Crippen molar-refractivity contribution in [3.05, 3.63) is 47.8 Å². The maximum absolute atomic E-state index is 12.2. The monoisotopic (exact) mass is 324 g/mol. The highest BCUT2D eigenvalue weighted by atomic mass is 16.5. The Morgan fingerprint density at radius 2 is 2.25 bits per heavy atom. The van der Waals surface area contributed by atoms with E-state index in [1.807, 2.05) is 18.3 Å². The molecule has 0 saturated carbocycles. The van der Waals surface area contributed by atoms with Crippen LogP contribution in [-0.2, 0) is 9.53 Å². The molecule has 4 rings (SSSR count). The van der Waals surface area contributed by atoms with Gasteiger partial charge in [0.1, 0.15) is 5.65 Å². The SMILES string of the molecule is CN1CCC(NC2=CC(=O)C(=Cc3c[nH]c4ncccc34)O2)CC1. The quantitative estimate of drug-likeness (QED) is 0.846. The molecular formula is C18H20N4O2. The largest absolute Gasteiger partial charge is 0.437 e. The van der Waals surface area contributed by atoms with Gasteiger partial charge in [-0.2, -0.15) is 0 Å². The first kappa shape index (κ1) is 15.0. The molecule has 124 valence electrons. The van der Waals surface area contributed by atoms with Gasteiger partial charge in [-0.25, -0.2) is 4.98 Å². The molecule has 24 heavy (non-hydrogen) atoms. The van der Waals surface area contributed by atoms with Gasteiger partial charge in [0.25, 0.3) is 0 Å². The number of carbonyl (C=O) groups excluding carboxylic acids is 1. The van der Waals surface area contributed by atoms with E-state index >= 15 is 0 Å². The van der Waals surface area contributed by atoms with Crippen LogP contribution in [0.3, 0.4) is 0 Å². The number of ether oxygens (including phenoxy) is 1. The van der Waals surface area contributed by atoms with Crippen LogP contribution in [0.2, 0.25) is 0 Å². The van der Waals surface area contributed by atoms with Crippen LogP contribution in [0.4, 0.5) is 0 Å². The summed E-state index contributed by atoms with van der Waals surface area (Å²) in [6.45, 7) is 2.12. The standard InChI is InChI=1S/C18H20N4O2/c1-22-7-4-13(5-8-22)21-17-10-15(23)16(24-17)9-12-11-20-18-14(12)3-2-6-19-18/h2-3,6,9-11,13,21H,4-5,7-8H2,1H3,(H,19,20). The number of H-pyrrole nitrogens is 1. The Morgan fingerprint density at radius 3 is 3.08 bits per heavy atom. The molecule has 6 heteroatoms. The zero-order valence-corrected chi connectivity index (χ0v) is 13.6. The molecule has 2 aromatic heterocycles. The maximum atomic E-state index is 12.2. The van der Waals surface area contributed by atoms with Crippen LogP contribution in [0.5, 0.6) is 0 Å². The molecule has 0 aliphatic carbocycles. The van der Waals surface area contributed by atoms with Crippen LogP contribution in [0.1, 0.15) is 18.4 Å². The summed E-state index contributed by atoms with van der Waals surface area (Å²) >= 11 is 0. The van der Waals surface area contributed by atoms with E-state index in [4.69, 9.17) is 4.74 Å². The van der Waals surface area contributed by atoms with Gasteiger partial charge >= 0.3 is 0 Å². The fraction of sp³-hybridized carbons (Fsp3) is 0.333. The molecule has 1 fully saturated rings. The number of aromatic nitrogens is 2. The summed E-state index contributed by atoms with van der Waals surface area (Å²) in [5.41, 5.74) is 1.70.